The molecule has 162 valence electrons. The molecule has 0 saturated carbocycles. The molecule has 10 heteroatoms. The van der Waals surface area contributed by atoms with E-state index in [9.17, 15) is 15.0 Å². The maximum absolute atomic E-state index is 13.3. The van der Waals surface area contributed by atoms with Crippen LogP contribution in [0.5, 0.6) is 17.2 Å². The highest BCUT2D eigenvalue weighted by Gasteiger charge is 2.22. The third-order valence-corrected chi connectivity index (χ3v) is 5.50. The second-order valence-electron chi connectivity index (χ2n) is 6.73. The molecule has 2 N–H and O–H groups in total. The number of phenols is 2. The van der Waals surface area contributed by atoms with Crippen molar-refractivity contribution in [3.8, 4) is 28.5 Å². The zero-order chi connectivity index (χ0) is 22.7. The summed E-state index contributed by atoms with van der Waals surface area (Å²) in [6.07, 6.45) is 3.18. The lowest BCUT2D eigenvalue weighted by Crippen LogP contribution is -2.30. The maximum Gasteiger partial charge on any atom is 0.262 e. The molecule has 0 unspecified atom stereocenters. The number of carbonyl (C=O) groups is 1. The van der Waals surface area contributed by atoms with Crippen molar-refractivity contribution >= 4 is 34.7 Å². The Bertz CT molecular complexity index is 1250. The second kappa shape index (κ2) is 9.21. The summed E-state index contributed by atoms with van der Waals surface area (Å²) in [7, 11) is 1.52. The Labute approximate surface area is 192 Å². The molecule has 0 aliphatic carbocycles. The fraction of sp³-hybridized carbons (Fsp3) is 0.0909. The molecule has 4 aromatic rings. The van der Waals surface area contributed by atoms with Crippen LogP contribution in [0.15, 0.2) is 60.2 Å². The van der Waals surface area contributed by atoms with Gasteiger partial charge in [0.05, 0.1) is 25.4 Å². The predicted molar refractivity (Wildman–Crippen MR) is 121 cm³/mol. The molecule has 2 aromatic carbocycles. The molecule has 0 aliphatic heterocycles. The van der Waals surface area contributed by atoms with Gasteiger partial charge in [-0.15, -0.1) is 0 Å². The number of carbonyl (C=O) groups excluding carboxylic acids is 1. The summed E-state index contributed by atoms with van der Waals surface area (Å²) >= 11 is 7.23. The SMILES string of the molecule is COc1cnc(Cl)nc1-c1ccc(N(Cc2cnsc2)C(=O)c2ccc(O)cc2O)cc1. The van der Waals surface area contributed by atoms with Crippen molar-refractivity contribution in [3.63, 3.8) is 0 Å². The van der Waals surface area contributed by atoms with Crippen LogP contribution in [0.3, 0.4) is 0 Å². The Hall–Kier alpha value is -3.69. The molecule has 32 heavy (non-hydrogen) atoms. The van der Waals surface area contributed by atoms with E-state index in [2.05, 4.69) is 14.3 Å². The van der Waals surface area contributed by atoms with Crippen LogP contribution in [-0.4, -0.2) is 37.6 Å². The molecule has 4 rings (SSSR count). The number of aromatic hydroxyl groups is 2. The minimum Gasteiger partial charge on any atom is -0.508 e. The number of nitrogens with zero attached hydrogens (tertiary/aromatic N) is 4. The van der Waals surface area contributed by atoms with Gasteiger partial charge < -0.3 is 19.8 Å². The molecule has 2 heterocycles. The fourth-order valence-electron chi connectivity index (χ4n) is 3.12. The lowest BCUT2D eigenvalue weighted by Gasteiger charge is -2.23. The van der Waals surface area contributed by atoms with Crippen LogP contribution in [0.1, 0.15) is 15.9 Å². The van der Waals surface area contributed by atoms with Gasteiger partial charge in [-0.25, -0.2) is 14.3 Å². The number of amides is 1. The van der Waals surface area contributed by atoms with Crippen LogP contribution in [0.2, 0.25) is 5.28 Å². The largest absolute Gasteiger partial charge is 0.508 e. The summed E-state index contributed by atoms with van der Waals surface area (Å²) < 4.78 is 9.41. The van der Waals surface area contributed by atoms with E-state index >= 15 is 0 Å². The van der Waals surface area contributed by atoms with Gasteiger partial charge in [0, 0.05) is 34.5 Å². The van der Waals surface area contributed by atoms with Crippen LogP contribution < -0.4 is 9.64 Å². The van der Waals surface area contributed by atoms with Gasteiger partial charge in [-0.05, 0) is 47.4 Å². The molecule has 0 fully saturated rings. The van der Waals surface area contributed by atoms with Gasteiger partial charge in [-0.1, -0.05) is 12.1 Å². The summed E-state index contributed by atoms with van der Waals surface area (Å²) in [6, 6.07) is 11.0. The van der Waals surface area contributed by atoms with E-state index in [0.29, 0.717) is 17.1 Å². The Morgan fingerprint density at radius 2 is 1.94 bits per heavy atom. The number of aromatic nitrogens is 3. The van der Waals surface area contributed by atoms with Crippen molar-refractivity contribution in [3.05, 3.63) is 76.6 Å². The number of phenolic OH excluding ortho intramolecular Hbond substituents is 2. The minimum atomic E-state index is -0.427. The van der Waals surface area contributed by atoms with Gasteiger partial charge in [-0.3, -0.25) is 4.79 Å². The van der Waals surface area contributed by atoms with Gasteiger partial charge in [0.2, 0.25) is 5.28 Å². The standard InChI is InChI=1S/C22H17ClN4O4S/c1-31-19-10-24-22(23)26-20(19)14-2-4-15(5-3-14)27(11-13-9-25-32-12-13)21(30)17-7-6-16(28)8-18(17)29/h2-10,12,28-29H,11H2,1H3. The van der Waals surface area contributed by atoms with Crippen molar-refractivity contribution in [2.45, 2.75) is 6.54 Å². The van der Waals surface area contributed by atoms with E-state index in [1.165, 1.54) is 41.9 Å². The van der Waals surface area contributed by atoms with Crippen molar-refractivity contribution < 1.29 is 19.7 Å². The first kappa shape index (κ1) is 21.5. The second-order valence-corrected chi connectivity index (χ2v) is 7.72. The Morgan fingerprint density at radius 3 is 2.59 bits per heavy atom. The summed E-state index contributed by atoms with van der Waals surface area (Å²) in [5, 5.41) is 21.7. The molecule has 1 amide bonds. The number of benzene rings is 2. The topological polar surface area (TPSA) is 109 Å². The van der Waals surface area contributed by atoms with Gasteiger partial charge in [0.15, 0.2) is 5.75 Å². The van der Waals surface area contributed by atoms with Gasteiger partial charge in [0.25, 0.3) is 5.91 Å². The van der Waals surface area contributed by atoms with Crippen LogP contribution >= 0.6 is 23.1 Å². The van der Waals surface area contributed by atoms with Crippen LogP contribution in [0.25, 0.3) is 11.3 Å². The smallest absolute Gasteiger partial charge is 0.262 e. The van der Waals surface area contributed by atoms with Crippen LogP contribution in [0.4, 0.5) is 5.69 Å². The van der Waals surface area contributed by atoms with E-state index in [0.717, 1.165) is 17.2 Å². The quantitative estimate of drug-likeness (QED) is 0.400. The summed E-state index contributed by atoms with van der Waals surface area (Å²) in [5.41, 5.74) is 2.76. The first-order valence-corrected chi connectivity index (χ1v) is 10.6. The Morgan fingerprint density at radius 1 is 1.16 bits per heavy atom. The number of anilines is 1. The van der Waals surface area contributed by atoms with E-state index in [1.54, 1.807) is 30.5 Å². The zero-order valence-corrected chi connectivity index (χ0v) is 18.3. The number of methoxy groups -OCH3 is 1. The van der Waals surface area contributed by atoms with Crippen molar-refractivity contribution in [1.29, 1.82) is 0 Å². The van der Waals surface area contributed by atoms with Crippen LogP contribution in [-0.2, 0) is 6.54 Å². The van der Waals surface area contributed by atoms with E-state index in [4.69, 9.17) is 16.3 Å². The van der Waals surface area contributed by atoms with Gasteiger partial charge >= 0.3 is 0 Å². The van der Waals surface area contributed by atoms with E-state index in [1.807, 2.05) is 5.38 Å². The lowest BCUT2D eigenvalue weighted by molar-refractivity contribution is 0.0982. The third kappa shape index (κ3) is 4.48. The molecule has 0 saturated heterocycles. The van der Waals surface area contributed by atoms with Crippen molar-refractivity contribution in [2.75, 3.05) is 12.0 Å². The molecular formula is C22H17ClN4O4S. The lowest BCUT2D eigenvalue weighted by atomic mass is 10.1. The zero-order valence-electron chi connectivity index (χ0n) is 16.8. The number of hydrogen-bond donors (Lipinski definition) is 2. The van der Waals surface area contributed by atoms with Crippen molar-refractivity contribution in [2.24, 2.45) is 0 Å². The van der Waals surface area contributed by atoms with E-state index in [-0.39, 0.29) is 28.9 Å². The number of halogens is 1. The molecule has 0 spiro atoms. The molecule has 0 aliphatic rings. The fourth-order valence-corrected chi connectivity index (χ4v) is 3.78. The molecule has 2 aromatic heterocycles. The maximum atomic E-state index is 13.3. The summed E-state index contributed by atoms with van der Waals surface area (Å²) in [6.45, 7) is 0.248. The normalized spacial score (nSPS) is 10.7. The number of rotatable bonds is 6. The highest BCUT2D eigenvalue weighted by molar-refractivity contribution is 7.03. The summed E-state index contributed by atoms with van der Waals surface area (Å²) in [5.74, 6) is -0.396. The third-order valence-electron chi connectivity index (χ3n) is 4.68. The van der Waals surface area contributed by atoms with Crippen molar-refractivity contribution in [1.82, 2.24) is 14.3 Å². The van der Waals surface area contributed by atoms with Gasteiger partial charge in [-0.2, -0.15) is 0 Å². The first-order valence-electron chi connectivity index (χ1n) is 9.35. The monoisotopic (exact) mass is 468 g/mol. The molecule has 0 bridgehead atoms. The first-order chi connectivity index (χ1) is 15.5. The Kier molecular flexibility index (Phi) is 6.20. The van der Waals surface area contributed by atoms with Gasteiger partial charge in [0.1, 0.15) is 17.2 Å². The average molecular weight is 469 g/mol. The molecule has 0 radical (unpaired) electrons. The highest BCUT2D eigenvalue weighted by atomic mass is 35.5. The van der Waals surface area contributed by atoms with E-state index < -0.39 is 5.91 Å². The number of hydrogen-bond acceptors (Lipinski definition) is 8. The minimum absolute atomic E-state index is 0.0688. The number of ether oxygens (including phenoxy) is 1. The molecular weight excluding hydrogens is 452 g/mol. The molecule has 0 atom stereocenters. The van der Waals surface area contributed by atoms with Crippen LogP contribution in [0, 0.1) is 0 Å². The predicted octanol–water partition coefficient (Wildman–Crippen LogP) is 4.52. The Balaban J connectivity index is 1.72. The summed E-state index contributed by atoms with van der Waals surface area (Å²) in [4.78, 5) is 23.0. The molecule has 8 nitrogen and oxygen atoms in total. The average Bonchev–Trinajstić information content (AvgIpc) is 3.30. The highest BCUT2D eigenvalue weighted by Crippen LogP contribution is 2.32.